The largest absolute Gasteiger partial charge is 0.462 e. The molecule has 0 amide bonds. The van der Waals surface area contributed by atoms with Crippen molar-refractivity contribution in [1.82, 2.24) is 0 Å². The molecule has 0 N–H and O–H groups in total. The summed E-state index contributed by atoms with van der Waals surface area (Å²) in [5.74, 6) is -0.877. The van der Waals surface area contributed by atoms with Gasteiger partial charge in [0.2, 0.25) is 0 Å². The van der Waals surface area contributed by atoms with Crippen LogP contribution in [0.2, 0.25) is 0 Å². The predicted molar refractivity (Wildman–Crippen MR) is 261 cm³/mol. The first kappa shape index (κ1) is 58.9. The van der Waals surface area contributed by atoms with E-state index in [-0.39, 0.29) is 31.1 Å². The van der Waals surface area contributed by atoms with Crippen LogP contribution >= 0.6 is 0 Å². The van der Waals surface area contributed by atoms with E-state index in [4.69, 9.17) is 14.2 Å². The van der Waals surface area contributed by atoms with Crippen LogP contribution in [0.3, 0.4) is 0 Å². The van der Waals surface area contributed by atoms with Crippen molar-refractivity contribution in [1.29, 1.82) is 0 Å². The Kier molecular flexibility index (Phi) is 48.8. The van der Waals surface area contributed by atoms with E-state index in [1.165, 1.54) is 167 Å². The van der Waals surface area contributed by atoms with Gasteiger partial charge in [-0.25, -0.2) is 0 Å². The highest BCUT2D eigenvalue weighted by molar-refractivity contribution is 5.71. The van der Waals surface area contributed by atoms with E-state index < -0.39 is 6.10 Å². The third kappa shape index (κ3) is 48.8. The highest BCUT2D eigenvalue weighted by atomic mass is 16.6. The molecule has 1 atom stereocenters. The minimum Gasteiger partial charge on any atom is -0.462 e. The van der Waals surface area contributed by atoms with Crippen molar-refractivity contribution in [2.75, 3.05) is 13.2 Å². The first-order valence-corrected chi connectivity index (χ1v) is 26.8. The molecule has 6 heteroatoms. The maximum atomic E-state index is 12.8. The summed E-state index contributed by atoms with van der Waals surface area (Å²) in [5.41, 5.74) is 0. The second-order valence-corrected chi connectivity index (χ2v) is 18.2. The van der Waals surface area contributed by atoms with E-state index in [0.29, 0.717) is 19.3 Å². The Labute approximate surface area is 379 Å². The van der Waals surface area contributed by atoms with Crippen LogP contribution in [0.25, 0.3) is 0 Å². The summed E-state index contributed by atoms with van der Waals surface area (Å²) >= 11 is 0. The van der Waals surface area contributed by atoms with Crippen LogP contribution in [0.1, 0.15) is 290 Å². The summed E-state index contributed by atoms with van der Waals surface area (Å²) in [6.45, 7) is 6.59. The van der Waals surface area contributed by atoms with Crippen molar-refractivity contribution < 1.29 is 28.6 Å². The molecule has 0 aliphatic carbocycles. The standard InChI is InChI=1S/C55H102O6/c1-4-7-10-13-16-19-21-23-25-26-27-28-29-30-31-33-34-36-39-42-45-48-54(57)60-51-52(50-59-53(56)47-44-41-38-18-15-12-9-6-3)61-55(58)49-46-43-40-37-35-32-24-22-20-17-14-11-8-5-2/h14,17,22,24,52H,4-13,15-16,18-21,23,25-51H2,1-3H3/b17-14-,24-22-. The lowest BCUT2D eigenvalue weighted by atomic mass is 10.0. The molecule has 0 rings (SSSR count). The zero-order valence-corrected chi connectivity index (χ0v) is 40.9. The normalized spacial score (nSPS) is 12.1. The van der Waals surface area contributed by atoms with Gasteiger partial charge in [0.1, 0.15) is 13.2 Å². The van der Waals surface area contributed by atoms with Gasteiger partial charge in [-0.15, -0.1) is 0 Å². The Morgan fingerprint density at radius 2 is 0.607 bits per heavy atom. The molecule has 358 valence electrons. The highest BCUT2D eigenvalue weighted by Gasteiger charge is 2.19. The van der Waals surface area contributed by atoms with Gasteiger partial charge in [-0.3, -0.25) is 14.4 Å². The van der Waals surface area contributed by atoms with E-state index in [1.54, 1.807) is 0 Å². The van der Waals surface area contributed by atoms with Crippen LogP contribution < -0.4 is 0 Å². The van der Waals surface area contributed by atoms with Gasteiger partial charge in [0.25, 0.3) is 0 Å². The molecule has 0 saturated heterocycles. The lowest BCUT2D eigenvalue weighted by Crippen LogP contribution is -2.30. The number of unbranched alkanes of at least 4 members (excludes halogenated alkanes) is 34. The lowest BCUT2D eigenvalue weighted by molar-refractivity contribution is -0.167. The maximum Gasteiger partial charge on any atom is 0.306 e. The van der Waals surface area contributed by atoms with Gasteiger partial charge < -0.3 is 14.2 Å². The number of ether oxygens (including phenoxy) is 3. The summed E-state index contributed by atoms with van der Waals surface area (Å²) < 4.78 is 16.8. The van der Waals surface area contributed by atoms with E-state index in [9.17, 15) is 14.4 Å². The van der Waals surface area contributed by atoms with Gasteiger partial charge in [0.15, 0.2) is 6.10 Å². The topological polar surface area (TPSA) is 78.9 Å². The van der Waals surface area contributed by atoms with E-state index in [1.807, 2.05) is 0 Å². The van der Waals surface area contributed by atoms with Crippen molar-refractivity contribution in [3.05, 3.63) is 24.3 Å². The summed E-state index contributed by atoms with van der Waals surface area (Å²) in [7, 11) is 0. The van der Waals surface area contributed by atoms with Crippen LogP contribution in [0.15, 0.2) is 24.3 Å². The Morgan fingerprint density at radius 1 is 0.328 bits per heavy atom. The second kappa shape index (κ2) is 50.5. The van der Waals surface area contributed by atoms with Crippen molar-refractivity contribution in [3.63, 3.8) is 0 Å². The SMILES string of the molecule is CCCC/C=C\C/C=C\CCCCCCCC(=O)OC(COC(=O)CCCCCCCCCC)COC(=O)CCCCCCCCCCCCCCCCCCCCCCC. The fourth-order valence-electron chi connectivity index (χ4n) is 7.87. The number of rotatable bonds is 49. The van der Waals surface area contributed by atoms with Crippen LogP contribution in [-0.4, -0.2) is 37.2 Å². The van der Waals surface area contributed by atoms with E-state index >= 15 is 0 Å². The van der Waals surface area contributed by atoms with E-state index in [0.717, 1.165) is 83.5 Å². The number of hydrogen-bond acceptors (Lipinski definition) is 6. The summed E-state index contributed by atoms with van der Waals surface area (Å²) in [4.78, 5) is 37.9. The molecule has 0 fully saturated rings. The number of carbonyl (C=O) groups is 3. The molecule has 0 aromatic heterocycles. The lowest BCUT2D eigenvalue weighted by Gasteiger charge is -2.18. The minimum absolute atomic E-state index is 0.0725. The first-order valence-electron chi connectivity index (χ1n) is 26.8. The minimum atomic E-state index is -0.771. The quantitative estimate of drug-likeness (QED) is 0.0262. The second-order valence-electron chi connectivity index (χ2n) is 18.2. The van der Waals surface area contributed by atoms with Crippen LogP contribution in [0.4, 0.5) is 0 Å². The molecular weight excluding hydrogens is 757 g/mol. The van der Waals surface area contributed by atoms with E-state index in [2.05, 4.69) is 45.1 Å². The Balaban J connectivity index is 4.19. The van der Waals surface area contributed by atoms with Crippen molar-refractivity contribution >= 4 is 17.9 Å². The molecule has 0 bridgehead atoms. The van der Waals surface area contributed by atoms with Gasteiger partial charge in [0, 0.05) is 19.3 Å². The monoisotopic (exact) mass is 859 g/mol. The molecule has 1 unspecified atom stereocenters. The summed E-state index contributed by atoms with van der Waals surface area (Å²) in [6.07, 6.45) is 57.5. The molecule has 0 aromatic rings. The first-order chi connectivity index (χ1) is 30.0. The number of allylic oxidation sites excluding steroid dienone is 4. The van der Waals surface area contributed by atoms with Gasteiger partial charge in [0.05, 0.1) is 0 Å². The van der Waals surface area contributed by atoms with Crippen molar-refractivity contribution in [2.45, 2.75) is 297 Å². The smallest absolute Gasteiger partial charge is 0.306 e. The van der Waals surface area contributed by atoms with Gasteiger partial charge >= 0.3 is 17.9 Å². The predicted octanol–water partition coefficient (Wildman–Crippen LogP) is 17.5. The fraction of sp³-hybridized carbons (Fsp3) is 0.873. The fourth-order valence-corrected chi connectivity index (χ4v) is 7.87. The third-order valence-electron chi connectivity index (χ3n) is 12.0. The molecule has 0 radical (unpaired) electrons. The molecule has 0 aliphatic heterocycles. The van der Waals surface area contributed by atoms with Crippen LogP contribution in [0, 0.1) is 0 Å². The van der Waals surface area contributed by atoms with Crippen LogP contribution in [-0.2, 0) is 28.6 Å². The summed E-state index contributed by atoms with van der Waals surface area (Å²) in [5, 5.41) is 0. The molecule has 6 nitrogen and oxygen atoms in total. The summed E-state index contributed by atoms with van der Waals surface area (Å²) in [6, 6.07) is 0. The van der Waals surface area contributed by atoms with Gasteiger partial charge in [-0.1, -0.05) is 251 Å². The molecule has 0 saturated carbocycles. The number of carbonyl (C=O) groups excluding carboxylic acids is 3. The molecule has 0 aromatic carbocycles. The molecular formula is C55H102O6. The van der Waals surface area contributed by atoms with Crippen molar-refractivity contribution in [3.8, 4) is 0 Å². The molecule has 61 heavy (non-hydrogen) atoms. The molecule has 0 aliphatic rings. The molecule has 0 spiro atoms. The number of hydrogen-bond donors (Lipinski definition) is 0. The Bertz CT molecular complexity index is 989. The number of esters is 3. The van der Waals surface area contributed by atoms with Crippen molar-refractivity contribution in [2.24, 2.45) is 0 Å². The zero-order valence-electron chi connectivity index (χ0n) is 40.9. The highest BCUT2D eigenvalue weighted by Crippen LogP contribution is 2.16. The Morgan fingerprint density at radius 3 is 0.951 bits per heavy atom. The average Bonchev–Trinajstić information content (AvgIpc) is 3.26. The Hall–Kier alpha value is -2.11. The zero-order chi connectivity index (χ0) is 44.4. The van der Waals surface area contributed by atoms with Crippen LogP contribution in [0.5, 0.6) is 0 Å². The molecule has 0 heterocycles. The van der Waals surface area contributed by atoms with Gasteiger partial charge in [-0.2, -0.15) is 0 Å². The van der Waals surface area contributed by atoms with Gasteiger partial charge in [-0.05, 0) is 44.9 Å². The third-order valence-corrected chi connectivity index (χ3v) is 12.0. The average molecular weight is 859 g/mol. The maximum absolute atomic E-state index is 12.8.